The summed E-state index contributed by atoms with van der Waals surface area (Å²) in [4.78, 5) is 12.4. The van der Waals surface area contributed by atoms with Crippen molar-refractivity contribution in [2.24, 2.45) is 0 Å². The molecule has 0 spiro atoms. The molecule has 0 aliphatic carbocycles. The normalized spacial score (nSPS) is 10.5. The minimum Gasteiger partial charge on any atom is -0.294 e. The molecule has 0 aliphatic rings. The van der Waals surface area contributed by atoms with E-state index in [0.717, 1.165) is 21.2 Å². The molecule has 98 valence electrons. The van der Waals surface area contributed by atoms with E-state index in [4.69, 9.17) is 11.6 Å². The lowest BCUT2D eigenvalue weighted by molar-refractivity contribution is 0.0992. The molecule has 0 atom stereocenters. The summed E-state index contributed by atoms with van der Waals surface area (Å²) < 4.78 is 0.876. The van der Waals surface area contributed by atoms with Crippen molar-refractivity contribution < 1.29 is 4.79 Å². The van der Waals surface area contributed by atoms with Crippen LogP contribution in [0.2, 0.25) is 5.02 Å². The topological polar surface area (TPSA) is 17.1 Å². The number of ketones is 1. The van der Waals surface area contributed by atoms with Gasteiger partial charge in [-0.1, -0.05) is 45.7 Å². The number of rotatable bonds is 3. The maximum absolute atomic E-state index is 12.4. The molecular weight excluding hydrogens is 324 g/mol. The Morgan fingerprint density at radius 2 is 1.79 bits per heavy atom. The largest absolute Gasteiger partial charge is 0.294 e. The van der Waals surface area contributed by atoms with Crippen LogP contribution in [-0.4, -0.2) is 5.78 Å². The first-order valence-corrected chi connectivity index (χ1v) is 7.19. The number of aryl methyl sites for hydroxylation is 2. The lowest BCUT2D eigenvalue weighted by atomic mass is 9.95. The van der Waals surface area contributed by atoms with Crippen LogP contribution in [0.15, 0.2) is 40.9 Å². The van der Waals surface area contributed by atoms with Gasteiger partial charge in [0.15, 0.2) is 5.78 Å². The van der Waals surface area contributed by atoms with Gasteiger partial charge in [0.1, 0.15) is 0 Å². The molecule has 0 N–H and O–H groups in total. The van der Waals surface area contributed by atoms with Crippen LogP contribution in [0.1, 0.15) is 27.0 Å². The summed E-state index contributed by atoms with van der Waals surface area (Å²) >= 11 is 9.46. The minimum absolute atomic E-state index is 0.0508. The highest BCUT2D eigenvalue weighted by Crippen LogP contribution is 2.24. The third-order valence-corrected chi connectivity index (χ3v) is 4.02. The van der Waals surface area contributed by atoms with Gasteiger partial charge < -0.3 is 0 Å². The van der Waals surface area contributed by atoms with Gasteiger partial charge in [-0.25, -0.2) is 0 Å². The first kappa shape index (κ1) is 14.3. The number of carbonyl (C=O) groups is 1. The van der Waals surface area contributed by atoms with E-state index in [1.165, 1.54) is 0 Å². The van der Waals surface area contributed by atoms with Crippen LogP contribution >= 0.6 is 27.5 Å². The Balaban J connectivity index is 2.31. The predicted molar refractivity (Wildman–Crippen MR) is 83.1 cm³/mol. The molecule has 0 saturated carbocycles. The van der Waals surface area contributed by atoms with Crippen LogP contribution in [0, 0.1) is 13.8 Å². The SMILES string of the molecule is Cc1cccc(C)c1CC(=O)c1ccc(Br)cc1Cl. The number of hydrogen-bond donors (Lipinski definition) is 0. The molecule has 1 nitrogen and oxygen atoms in total. The zero-order chi connectivity index (χ0) is 14.0. The van der Waals surface area contributed by atoms with E-state index in [-0.39, 0.29) is 5.78 Å². The first-order valence-electron chi connectivity index (χ1n) is 6.02. The van der Waals surface area contributed by atoms with E-state index < -0.39 is 0 Å². The Bertz CT molecular complexity index is 614. The minimum atomic E-state index is 0.0508. The van der Waals surface area contributed by atoms with E-state index in [9.17, 15) is 4.79 Å². The lowest BCUT2D eigenvalue weighted by Gasteiger charge is -2.10. The zero-order valence-electron chi connectivity index (χ0n) is 10.8. The fourth-order valence-electron chi connectivity index (χ4n) is 2.10. The molecule has 2 rings (SSSR count). The van der Waals surface area contributed by atoms with E-state index in [1.54, 1.807) is 12.1 Å². The number of halogens is 2. The van der Waals surface area contributed by atoms with Crippen LogP contribution in [0.5, 0.6) is 0 Å². The van der Waals surface area contributed by atoms with Crippen molar-refractivity contribution in [3.05, 3.63) is 68.1 Å². The van der Waals surface area contributed by atoms with Gasteiger partial charge in [-0.05, 0) is 48.7 Å². The van der Waals surface area contributed by atoms with E-state index in [0.29, 0.717) is 17.0 Å². The van der Waals surface area contributed by atoms with Gasteiger partial charge in [-0.15, -0.1) is 0 Å². The van der Waals surface area contributed by atoms with Crippen LogP contribution in [0.4, 0.5) is 0 Å². The first-order chi connectivity index (χ1) is 8.99. The molecule has 0 saturated heterocycles. The van der Waals surface area contributed by atoms with Gasteiger partial charge in [0.25, 0.3) is 0 Å². The average Bonchev–Trinajstić information content (AvgIpc) is 2.33. The smallest absolute Gasteiger partial charge is 0.168 e. The summed E-state index contributed by atoms with van der Waals surface area (Å²) in [7, 11) is 0. The second-order valence-electron chi connectivity index (χ2n) is 4.59. The highest BCUT2D eigenvalue weighted by Gasteiger charge is 2.13. The van der Waals surface area contributed by atoms with Crippen molar-refractivity contribution in [3.63, 3.8) is 0 Å². The Morgan fingerprint density at radius 1 is 1.16 bits per heavy atom. The van der Waals surface area contributed by atoms with Gasteiger partial charge in [0, 0.05) is 16.5 Å². The van der Waals surface area contributed by atoms with Crippen LogP contribution in [0.25, 0.3) is 0 Å². The molecule has 0 amide bonds. The molecule has 0 aromatic heterocycles. The van der Waals surface area contributed by atoms with Crippen LogP contribution < -0.4 is 0 Å². The summed E-state index contributed by atoms with van der Waals surface area (Å²) in [6.07, 6.45) is 0.389. The van der Waals surface area contributed by atoms with Crippen molar-refractivity contribution >= 4 is 33.3 Å². The maximum Gasteiger partial charge on any atom is 0.168 e. The number of carbonyl (C=O) groups excluding carboxylic acids is 1. The highest BCUT2D eigenvalue weighted by atomic mass is 79.9. The monoisotopic (exact) mass is 336 g/mol. The molecule has 19 heavy (non-hydrogen) atoms. The second-order valence-corrected chi connectivity index (χ2v) is 5.92. The van der Waals surface area contributed by atoms with Gasteiger partial charge in [-0.3, -0.25) is 4.79 Å². The zero-order valence-corrected chi connectivity index (χ0v) is 13.2. The molecule has 0 bridgehead atoms. The molecule has 0 fully saturated rings. The van der Waals surface area contributed by atoms with Crippen LogP contribution in [0.3, 0.4) is 0 Å². The van der Waals surface area contributed by atoms with Gasteiger partial charge >= 0.3 is 0 Å². The Labute approximate surface area is 126 Å². The van der Waals surface area contributed by atoms with Crippen molar-refractivity contribution in [2.45, 2.75) is 20.3 Å². The van der Waals surface area contributed by atoms with Crippen molar-refractivity contribution in [1.29, 1.82) is 0 Å². The Morgan fingerprint density at radius 3 is 2.37 bits per heavy atom. The number of benzene rings is 2. The van der Waals surface area contributed by atoms with Gasteiger partial charge in [0.2, 0.25) is 0 Å². The fraction of sp³-hybridized carbons (Fsp3) is 0.188. The summed E-state index contributed by atoms with van der Waals surface area (Å²) in [5, 5.41) is 0.491. The van der Waals surface area contributed by atoms with E-state index >= 15 is 0 Å². The molecule has 0 heterocycles. The fourth-order valence-corrected chi connectivity index (χ4v) is 2.88. The number of Topliss-reactive ketones (excluding diaryl/α,β-unsaturated/α-hetero) is 1. The van der Waals surface area contributed by atoms with Crippen molar-refractivity contribution in [3.8, 4) is 0 Å². The van der Waals surface area contributed by atoms with Crippen LogP contribution in [-0.2, 0) is 6.42 Å². The summed E-state index contributed by atoms with van der Waals surface area (Å²) in [6, 6.07) is 11.4. The second kappa shape index (κ2) is 5.89. The molecule has 0 aliphatic heterocycles. The average molecular weight is 338 g/mol. The van der Waals surface area contributed by atoms with Crippen molar-refractivity contribution in [2.75, 3.05) is 0 Å². The lowest BCUT2D eigenvalue weighted by Crippen LogP contribution is -2.07. The highest BCUT2D eigenvalue weighted by molar-refractivity contribution is 9.10. The third kappa shape index (κ3) is 3.26. The number of hydrogen-bond acceptors (Lipinski definition) is 1. The molecule has 2 aromatic carbocycles. The molecular formula is C16H14BrClO. The van der Waals surface area contributed by atoms with Gasteiger partial charge in [-0.2, -0.15) is 0 Å². The Hall–Kier alpha value is -1.12. The summed E-state index contributed by atoms with van der Waals surface area (Å²) in [5.41, 5.74) is 3.95. The molecule has 2 aromatic rings. The molecule has 0 unspecified atom stereocenters. The maximum atomic E-state index is 12.4. The quantitative estimate of drug-likeness (QED) is 0.708. The Kier molecular flexibility index (Phi) is 4.43. The van der Waals surface area contributed by atoms with Crippen molar-refractivity contribution in [1.82, 2.24) is 0 Å². The standard InChI is InChI=1S/C16H14BrClO/c1-10-4-3-5-11(2)14(10)9-16(19)13-7-6-12(17)8-15(13)18/h3-8H,9H2,1-2H3. The van der Waals surface area contributed by atoms with Gasteiger partial charge in [0.05, 0.1) is 5.02 Å². The third-order valence-electron chi connectivity index (χ3n) is 3.21. The molecule has 3 heteroatoms. The van der Waals surface area contributed by atoms with E-state index in [1.807, 2.05) is 38.1 Å². The molecule has 0 radical (unpaired) electrons. The predicted octanol–water partition coefficient (Wildman–Crippen LogP) is 5.14. The summed E-state index contributed by atoms with van der Waals surface area (Å²) in [5.74, 6) is 0.0508. The summed E-state index contributed by atoms with van der Waals surface area (Å²) in [6.45, 7) is 4.05. The van der Waals surface area contributed by atoms with E-state index in [2.05, 4.69) is 15.9 Å².